The lowest BCUT2D eigenvalue weighted by Crippen LogP contribution is -1.92. The molecule has 0 aliphatic heterocycles. The average molecular weight is 238 g/mol. The molecule has 0 N–H and O–H groups in total. The Labute approximate surface area is 107 Å². The van der Waals surface area contributed by atoms with Crippen molar-refractivity contribution in [2.24, 2.45) is 0 Å². The van der Waals surface area contributed by atoms with E-state index in [1.807, 2.05) is 24.3 Å². The molecule has 90 valence electrons. The lowest BCUT2D eigenvalue weighted by molar-refractivity contribution is 0.461. The molecule has 0 radical (unpaired) electrons. The van der Waals surface area contributed by atoms with Crippen molar-refractivity contribution in [1.82, 2.24) is 4.98 Å². The molecule has 2 aromatic rings. The first-order valence-corrected chi connectivity index (χ1v) is 5.83. The molecular formula is C15H14N2O. The van der Waals surface area contributed by atoms with Crippen molar-refractivity contribution in [1.29, 1.82) is 5.26 Å². The van der Waals surface area contributed by atoms with Gasteiger partial charge in [0.2, 0.25) is 5.88 Å². The third-order valence-electron chi connectivity index (χ3n) is 2.65. The van der Waals surface area contributed by atoms with Crippen LogP contribution in [0.15, 0.2) is 42.6 Å². The van der Waals surface area contributed by atoms with E-state index in [0.717, 1.165) is 0 Å². The summed E-state index contributed by atoms with van der Waals surface area (Å²) in [5.74, 6) is 1.52. The number of aromatic nitrogens is 1. The number of rotatable bonds is 3. The smallest absolute Gasteiger partial charge is 0.237 e. The molecule has 1 aromatic carbocycles. The van der Waals surface area contributed by atoms with Crippen LogP contribution in [0.5, 0.6) is 11.6 Å². The molecule has 0 atom stereocenters. The lowest BCUT2D eigenvalue weighted by atomic mass is 10.0. The van der Waals surface area contributed by atoms with Gasteiger partial charge in [0.05, 0.1) is 0 Å². The van der Waals surface area contributed by atoms with Crippen molar-refractivity contribution in [3.8, 4) is 17.7 Å². The third kappa shape index (κ3) is 2.67. The Balaban J connectivity index is 2.22. The van der Waals surface area contributed by atoms with Gasteiger partial charge < -0.3 is 4.74 Å². The molecule has 3 nitrogen and oxygen atoms in total. The van der Waals surface area contributed by atoms with E-state index in [-0.39, 0.29) is 0 Å². The summed E-state index contributed by atoms with van der Waals surface area (Å²) in [5, 5.41) is 8.94. The molecule has 0 saturated carbocycles. The molecule has 0 fully saturated rings. The van der Waals surface area contributed by atoms with Crippen LogP contribution in [0.3, 0.4) is 0 Å². The molecule has 0 aliphatic carbocycles. The van der Waals surface area contributed by atoms with Crippen LogP contribution in [0.4, 0.5) is 0 Å². The largest absolute Gasteiger partial charge is 0.438 e. The summed E-state index contributed by atoms with van der Waals surface area (Å²) in [6, 6.07) is 13.3. The van der Waals surface area contributed by atoms with E-state index in [0.29, 0.717) is 23.1 Å². The summed E-state index contributed by atoms with van der Waals surface area (Å²) in [7, 11) is 0. The topological polar surface area (TPSA) is 45.9 Å². The molecular weight excluding hydrogens is 224 g/mol. The van der Waals surface area contributed by atoms with Gasteiger partial charge in [0.1, 0.15) is 17.4 Å². The van der Waals surface area contributed by atoms with Crippen LogP contribution in [-0.2, 0) is 0 Å². The van der Waals surface area contributed by atoms with E-state index < -0.39 is 0 Å². The molecule has 3 heteroatoms. The predicted molar refractivity (Wildman–Crippen MR) is 69.6 cm³/mol. The molecule has 2 rings (SSSR count). The van der Waals surface area contributed by atoms with Gasteiger partial charge in [-0.05, 0) is 35.7 Å². The van der Waals surface area contributed by atoms with E-state index in [2.05, 4.69) is 24.9 Å². The van der Waals surface area contributed by atoms with Crippen LogP contribution < -0.4 is 4.74 Å². The first kappa shape index (κ1) is 12.1. The second-order valence-electron chi connectivity index (χ2n) is 4.29. The van der Waals surface area contributed by atoms with Crippen molar-refractivity contribution in [3.63, 3.8) is 0 Å². The molecule has 0 amide bonds. The lowest BCUT2D eigenvalue weighted by Gasteiger charge is -2.08. The summed E-state index contributed by atoms with van der Waals surface area (Å²) >= 11 is 0. The van der Waals surface area contributed by atoms with Crippen LogP contribution in [0.25, 0.3) is 0 Å². The van der Waals surface area contributed by atoms with E-state index in [1.54, 1.807) is 18.3 Å². The highest BCUT2D eigenvalue weighted by Crippen LogP contribution is 2.24. The maximum Gasteiger partial charge on any atom is 0.237 e. The standard InChI is InChI=1S/C15H14N2O/c1-11(2)12-5-7-14(8-6-12)18-15-13(10-16)4-3-9-17-15/h3-9,11H,1-2H3. The number of hydrogen-bond donors (Lipinski definition) is 0. The van der Waals surface area contributed by atoms with Crippen molar-refractivity contribution in [2.75, 3.05) is 0 Å². The summed E-state index contributed by atoms with van der Waals surface area (Å²) in [6.07, 6.45) is 1.61. The summed E-state index contributed by atoms with van der Waals surface area (Å²) in [4.78, 5) is 4.06. The molecule has 1 aromatic heterocycles. The normalized spacial score (nSPS) is 10.1. The van der Waals surface area contributed by atoms with Crippen molar-refractivity contribution in [3.05, 3.63) is 53.7 Å². The van der Waals surface area contributed by atoms with E-state index in [1.165, 1.54) is 5.56 Å². The zero-order valence-corrected chi connectivity index (χ0v) is 10.4. The van der Waals surface area contributed by atoms with Gasteiger partial charge in [0, 0.05) is 6.20 Å². The maximum absolute atomic E-state index is 8.94. The molecule has 0 aliphatic rings. The SMILES string of the molecule is CC(C)c1ccc(Oc2ncccc2C#N)cc1. The Morgan fingerprint density at radius 3 is 2.50 bits per heavy atom. The molecule has 0 spiro atoms. The highest BCUT2D eigenvalue weighted by atomic mass is 16.5. The van der Waals surface area contributed by atoms with E-state index in [4.69, 9.17) is 10.00 Å². The Kier molecular flexibility index (Phi) is 3.59. The first-order valence-electron chi connectivity index (χ1n) is 5.83. The first-order chi connectivity index (χ1) is 8.70. The fourth-order valence-electron chi connectivity index (χ4n) is 1.59. The van der Waals surface area contributed by atoms with Crippen molar-refractivity contribution >= 4 is 0 Å². The van der Waals surface area contributed by atoms with Crippen LogP contribution in [0.1, 0.15) is 30.9 Å². The van der Waals surface area contributed by atoms with Crippen LogP contribution in [0.2, 0.25) is 0 Å². The van der Waals surface area contributed by atoms with Crippen LogP contribution in [-0.4, -0.2) is 4.98 Å². The Morgan fingerprint density at radius 1 is 1.17 bits per heavy atom. The zero-order chi connectivity index (χ0) is 13.0. The average Bonchev–Trinajstić information content (AvgIpc) is 2.40. The minimum atomic E-state index is 0.345. The number of benzene rings is 1. The third-order valence-corrected chi connectivity index (χ3v) is 2.65. The van der Waals surface area contributed by atoms with Gasteiger partial charge in [-0.3, -0.25) is 0 Å². The fourth-order valence-corrected chi connectivity index (χ4v) is 1.59. The molecule has 1 heterocycles. The van der Waals surface area contributed by atoms with Gasteiger partial charge in [-0.2, -0.15) is 5.26 Å². The van der Waals surface area contributed by atoms with Crippen molar-refractivity contribution in [2.45, 2.75) is 19.8 Å². The Morgan fingerprint density at radius 2 is 1.89 bits per heavy atom. The number of nitrogens with zero attached hydrogens (tertiary/aromatic N) is 2. The fraction of sp³-hybridized carbons (Fsp3) is 0.200. The summed E-state index contributed by atoms with van der Waals surface area (Å²) in [6.45, 7) is 4.28. The van der Waals surface area contributed by atoms with Gasteiger partial charge in [0.15, 0.2) is 0 Å². The summed E-state index contributed by atoms with van der Waals surface area (Å²) in [5.41, 5.74) is 1.69. The number of pyridine rings is 1. The van der Waals surface area contributed by atoms with Crippen LogP contribution in [0, 0.1) is 11.3 Å². The second kappa shape index (κ2) is 5.33. The van der Waals surface area contributed by atoms with E-state index >= 15 is 0 Å². The van der Waals surface area contributed by atoms with Gasteiger partial charge in [-0.15, -0.1) is 0 Å². The minimum Gasteiger partial charge on any atom is -0.438 e. The van der Waals surface area contributed by atoms with Gasteiger partial charge in [-0.25, -0.2) is 4.98 Å². The van der Waals surface area contributed by atoms with Crippen LogP contribution >= 0.6 is 0 Å². The van der Waals surface area contributed by atoms with E-state index in [9.17, 15) is 0 Å². The number of ether oxygens (including phenoxy) is 1. The van der Waals surface area contributed by atoms with Crippen molar-refractivity contribution < 1.29 is 4.74 Å². The second-order valence-corrected chi connectivity index (χ2v) is 4.29. The maximum atomic E-state index is 8.94. The highest BCUT2D eigenvalue weighted by Gasteiger charge is 2.05. The zero-order valence-electron chi connectivity index (χ0n) is 10.4. The number of nitriles is 1. The molecule has 0 saturated heterocycles. The van der Waals surface area contributed by atoms with Gasteiger partial charge in [0.25, 0.3) is 0 Å². The van der Waals surface area contributed by atoms with Gasteiger partial charge >= 0.3 is 0 Å². The Bertz CT molecular complexity index is 568. The summed E-state index contributed by atoms with van der Waals surface area (Å²) < 4.78 is 5.60. The molecule has 18 heavy (non-hydrogen) atoms. The Hall–Kier alpha value is -2.34. The highest BCUT2D eigenvalue weighted by molar-refractivity contribution is 5.40. The quantitative estimate of drug-likeness (QED) is 0.815. The minimum absolute atomic E-state index is 0.345. The predicted octanol–water partition coefficient (Wildman–Crippen LogP) is 3.87. The monoisotopic (exact) mass is 238 g/mol. The number of hydrogen-bond acceptors (Lipinski definition) is 3. The molecule has 0 unspecified atom stereocenters. The molecule has 0 bridgehead atoms. The van der Waals surface area contributed by atoms with Gasteiger partial charge in [-0.1, -0.05) is 26.0 Å².